The van der Waals surface area contributed by atoms with Crippen molar-refractivity contribution in [3.8, 4) is 12.3 Å². The number of hydrogen-bond donors (Lipinski definition) is 1. The van der Waals surface area contributed by atoms with E-state index in [1.165, 1.54) is 11.3 Å². The van der Waals surface area contributed by atoms with E-state index in [1.54, 1.807) is 5.38 Å². The lowest BCUT2D eigenvalue weighted by Gasteiger charge is -1.98. The third-order valence-corrected chi connectivity index (χ3v) is 2.18. The van der Waals surface area contributed by atoms with Crippen molar-refractivity contribution in [2.75, 3.05) is 6.54 Å². The summed E-state index contributed by atoms with van der Waals surface area (Å²) in [6, 6.07) is 0. The molecule has 0 atom stereocenters. The molecule has 13 heavy (non-hydrogen) atoms. The Morgan fingerprint density at radius 3 is 3.15 bits per heavy atom. The van der Waals surface area contributed by atoms with E-state index in [-0.39, 0.29) is 5.91 Å². The Morgan fingerprint density at radius 1 is 1.85 bits per heavy atom. The number of thiazole rings is 1. The first-order chi connectivity index (χ1) is 6.24. The first-order valence-corrected chi connectivity index (χ1v) is 4.76. The summed E-state index contributed by atoms with van der Waals surface area (Å²) in [4.78, 5) is 15.3. The minimum absolute atomic E-state index is 0.153. The maximum Gasteiger partial charge on any atom is 0.270 e. The minimum atomic E-state index is -0.153. The third kappa shape index (κ3) is 2.88. The number of nitrogens with one attached hydrogen (secondary N) is 1. The van der Waals surface area contributed by atoms with Crippen LogP contribution in [0.5, 0.6) is 0 Å². The van der Waals surface area contributed by atoms with Gasteiger partial charge in [-0.2, -0.15) is 0 Å². The quantitative estimate of drug-likeness (QED) is 0.580. The molecule has 0 saturated heterocycles. The fraction of sp³-hybridized carbons (Fsp3) is 0.333. The van der Waals surface area contributed by atoms with Crippen LogP contribution in [0.1, 0.15) is 21.9 Å². The zero-order chi connectivity index (χ0) is 9.68. The van der Waals surface area contributed by atoms with Gasteiger partial charge in [0.1, 0.15) is 5.69 Å². The summed E-state index contributed by atoms with van der Waals surface area (Å²) < 4.78 is 0. The zero-order valence-corrected chi connectivity index (χ0v) is 8.15. The predicted octanol–water partition coefficient (Wildman–Crippen LogP) is 1.20. The largest absolute Gasteiger partial charge is 0.350 e. The molecule has 1 aromatic rings. The summed E-state index contributed by atoms with van der Waals surface area (Å²) in [6.07, 6.45) is 5.59. The van der Waals surface area contributed by atoms with Gasteiger partial charge >= 0.3 is 0 Å². The molecule has 0 saturated carbocycles. The van der Waals surface area contributed by atoms with Crippen LogP contribution < -0.4 is 5.32 Å². The van der Waals surface area contributed by atoms with Gasteiger partial charge in [-0.25, -0.2) is 4.98 Å². The number of carbonyl (C=O) groups is 1. The maximum absolute atomic E-state index is 11.3. The van der Waals surface area contributed by atoms with Gasteiger partial charge in [-0.3, -0.25) is 4.79 Å². The van der Waals surface area contributed by atoms with Gasteiger partial charge in [0.2, 0.25) is 0 Å². The third-order valence-electron chi connectivity index (χ3n) is 1.41. The van der Waals surface area contributed by atoms with Gasteiger partial charge in [0.05, 0.1) is 5.01 Å². The van der Waals surface area contributed by atoms with Crippen LogP contribution in [0.4, 0.5) is 0 Å². The number of aromatic nitrogens is 1. The molecule has 0 aliphatic heterocycles. The molecule has 0 aliphatic rings. The van der Waals surface area contributed by atoms with E-state index >= 15 is 0 Å². The van der Waals surface area contributed by atoms with Crippen LogP contribution in [0, 0.1) is 19.3 Å². The van der Waals surface area contributed by atoms with Crippen LogP contribution in [0.2, 0.25) is 0 Å². The molecule has 4 heteroatoms. The van der Waals surface area contributed by atoms with Crippen molar-refractivity contribution in [2.24, 2.45) is 0 Å². The van der Waals surface area contributed by atoms with E-state index in [0.29, 0.717) is 18.7 Å². The highest BCUT2D eigenvalue weighted by Crippen LogP contribution is 2.07. The second kappa shape index (κ2) is 4.63. The van der Waals surface area contributed by atoms with Crippen LogP contribution in [0.3, 0.4) is 0 Å². The second-order valence-corrected chi connectivity index (χ2v) is 3.52. The molecule has 0 spiro atoms. The summed E-state index contributed by atoms with van der Waals surface area (Å²) in [5.41, 5.74) is 0.472. The molecular weight excluding hydrogens is 184 g/mol. The Hall–Kier alpha value is -1.34. The molecule has 0 radical (unpaired) electrons. The van der Waals surface area contributed by atoms with Gasteiger partial charge in [0.15, 0.2) is 0 Å². The highest BCUT2D eigenvalue weighted by atomic mass is 32.1. The van der Waals surface area contributed by atoms with Crippen LogP contribution in [0.15, 0.2) is 5.38 Å². The van der Waals surface area contributed by atoms with Gasteiger partial charge in [0, 0.05) is 18.3 Å². The number of carbonyl (C=O) groups excluding carboxylic acids is 1. The van der Waals surface area contributed by atoms with E-state index < -0.39 is 0 Å². The molecule has 0 fully saturated rings. The Kier molecular flexibility index (Phi) is 3.47. The number of hydrogen-bond acceptors (Lipinski definition) is 3. The molecule has 1 heterocycles. The van der Waals surface area contributed by atoms with E-state index in [9.17, 15) is 4.79 Å². The molecule has 0 unspecified atom stereocenters. The standard InChI is InChI=1S/C9H10N2OS/c1-3-4-5-10-9(12)8-6-13-7(2)11-8/h1,6H,4-5H2,2H3,(H,10,12). The van der Waals surface area contributed by atoms with Crippen molar-refractivity contribution in [1.82, 2.24) is 10.3 Å². The van der Waals surface area contributed by atoms with Gasteiger partial charge in [-0.05, 0) is 6.92 Å². The van der Waals surface area contributed by atoms with Crippen molar-refractivity contribution in [3.05, 3.63) is 16.1 Å². The lowest BCUT2D eigenvalue weighted by molar-refractivity contribution is 0.0950. The molecular formula is C9H10N2OS. The second-order valence-electron chi connectivity index (χ2n) is 2.46. The van der Waals surface area contributed by atoms with E-state index in [2.05, 4.69) is 16.2 Å². The van der Waals surface area contributed by atoms with Gasteiger partial charge < -0.3 is 5.32 Å². The van der Waals surface area contributed by atoms with Crippen LogP contribution in [0.25, 0.3) is 0 Å². The van der Waals surface area contributed by atoms with Crippen molar-refractivity contribution < 1.29 is 4.79 Å². The number of aryl methyl sites for hydroxylation is 1. The van der Waals surface area contributed by atoms with Crippen molar-refractivity contribution >= 4 is 17.2 Å². The maximum atomic E-state index is 11.3. The fourth-order valence-electron chi connectivity index (χ4n) is 0.806. The molecule has 68 valence electrons. The molecule has 0 aliphatic carbocycles. The van der Waals surface area contributed by atoms with E-state index in [1.807, 2.05) is 6.92 Å². The van der Waals surface area contributed by atoms with Gasteiger partial charge in [-0.15, -0.1) is 23.7 Å². The smallest absolute Gasteiger partial charge is 0.270 e. The highest BCUT2D eigenvalue weighted by Gasteiger charge is 2.07. The Bertz CT molecular complexity index is 338. The first kappa shape index (κ1) is 9.75. The van der Waals surface area contributed by atoms with Gasteiger partial charge in [-0.1, -0.05) is 0 Å². The summed E-state index contributed by atoms with van der Waals surface area (Å²) >= 11 is 1.46. The Balaban J connectivity index is 2.45. The van der Waals surface area contributed by atoms with Crippen molar-refractivity contribution in [2.45, 2.75) is 13.3 Å². The normalized spacial score (nSPS) is 9.23. The van der Waals surface area contributed by atoms with Gasteiger partial charge in [0.25, 0.3) is 5.91 Å². The minimum Gasteiger partial charge on any atom is -0.350 e. The summed E-state index contributed by atoms with van der Waals surface area (Å²) in [5, 5.41) is 5.30. The first-order valence-electron chi connectivity index (χ1n) is 3.88. The van der Waals surface area contributed by atoms with Crippen LogP contribution >= 0.6 is 11.3 Å². The fourth-order valence-corrected chi connectivity index (χ4v) is 1.40. The van der Waals surface area contributed by atoms with Crippen molar-refractivity contribution in [3.63, 3.8) is 0 Å². The average molecular weight is 194 g/mol. The van der Waals surface area contributed by atoms with Crippen molar-refractivity contribution in [1.29, 1.82) is 0 Å². The highest BCUT2D eigenvalue weighted by molar-refractivity contribution is 7.09. The molecule has 0 bridgehead atoms. The number of nitrogens with zero attached hydrogens (tertiary/aromatic N) is 1. The average Bonchev–Trinajstić information content (AvgIpc) is 2.52. The molecule has 3 nitrogen and oxygen atoms in total. The molecule has 1 aromatic heterocycles. The topological polar surface area (TPSA) is 42.0 Å². The summed E-state index contributed by atoms with van der Waals surface area (Å²) in [6.45, 7) is 2.37. The molecule has 0 aromatic carbocycles. The zero-order valence-electron chi connectivity index (χ0n) is 7.33. The number of terminal acetylenes is 1. The lowest BCUT2D eigenvalue weighted by Crippen LogP contribution is -2.24. The monoisotopic (exact) mass is 194 g/mol. The molecule has 1 amide bonds. The summed E-state index contributed by atoms with van der Waals surface area (Å²) in [5.74, 6) is 2.29. The Morgan fingerprint density at radius 2 is 2.62 bits per heavy atom. The summed E-state index contributed by atoms with van der Waals surface area (Å²) in [7, 11) is 0. The number of amides is 1. The van der Waals surface area contributed by atoms with Crippen LogP contribution in [-0.4, -0.2) is 17.4 Å². The Labute approximate surface area is 81.2 Å². The molecule has 1 rings (SSSR count). The number of rotatable bonds is 3. The predicted molar refractivity (Wildman–Crippen MR) is 52.6 cm³/mol. The lowest BCUT2D eigenvalue weighted by atomic mass is 10.4. The SMILES string of the molecule is C#CCCNC(=O)c1csc(C)n1. The van der Waals surface area contributed by atoms with E-state index in [4.69, 9.17) is 6.42 Å². The van der Waals surface area contributed by atoms with Crippen LogP contribution in [-0.2, 0) is 0 Å². The van der Waals surface area contributed by atoms with E-state index in [0.717, 1.165) is 5.01 Å². The molecule has 1 N–H and O–H groups in total.